The topological polar surface area (TPSA) is 42.4 Å². The van der Waals surface area contributed by atoms with Crippen LogP contribution in [0.2, 0.25) is 0 Å². The fourth-order valence-electron chi connectivity index (χ4n) is 1.36. The summed E-state index contributed by atoms with van der Waals surface area (Å²) < 4.78 is 18.2. The van der Waals surface area contributed by atoms with Crippen LogP contribution in [0.4, 0.5) is 4.39 Å². The normalized spacial score (nSPS) is 15.1. The molecule has 0 saturated heterocycles. The zero-order valence-electron chi connectivity index (χ0n) is 8.33. The highest BCUT2D eigenvalue weighted by Crippen LogP contribution is 2.26. The number of pyridine rings is 1. The summed E-state index contributed by atoms with van der Waals surface area (Å²) in [7, 11) is 1.47. The van der Waals surface area contributed by atoms with Crippen molar-refractivity contribution in [2.75, 3.05) is 13.7 Å². The van der Waals surface area contributed by atoms with Crippen LogP contribution in [-0.2, 0) is 10.3 Å². The Hall–Kier alpha value is -1.00. The minimum Gasteiger partial charge on any atom is -0.383 e. The molecule has 78 valence electrons. The fourth-order valence-corrected chi connectivity index (χ4v) is 1.36. The Bertz CT molecular complexity index is 306. The van der Waals surface area contributed by atoms with Gasteiger partial charge in [-0.2, -0.15) is 0 Å². The lowest BCUT2D eigenvalue weighted by Crippen LogP contribution is -2.31. The van der Waals surface area contributed by atoms with Crippen LogP contribution >= 0.6 is 0 Å². The number of rotatable bonds is 4. The van der Waals surface area contributed by atoms with Crippen LogP contribution in [0.25, 0.3) is 0 Å². The van der Waals surface area contributed by atoms with Crippen molar-refractivity contribution < 1.29 is 14.2 Å². The minimum atomic E-state index is -1.26. The van der Waals surface area contributed by atoms with Crippen LogP contribution in [0.15, 0.2) is 18.5 Å². The first-order valence-corrected chi connectivity index (χ1v) is 4.45. The molecule has 1 unspecified atom stereocenters. The monoisotopic (exact) mass is 199 g/mol. The van der Waals surface area contributed by atoms with Crippen molar-refractivity contribution in [2.45, 2.75) is 18.9 Å². The highest BCUT2D eigenvalue weighted by Gasteiger charge is 2.30. The number of nitrogens with zero attached hydrogens (tertiary/aromatic N) is 1. The van der Waals surface area contributed by atoms with Gasteiger partial charge in [-0.05, 0) is 12.5 Å². The van der Waals surface area contributed by atoms with Crippen LogP contribution in [0.1, 0.15) is 18.9 Å². The third-order valence-corrected chi connectivity index (χ3v) is 2.24. The lowest BCUT2D eigenvalue weighted by Gasteiger charge is -2.26. The average molecular weight is 199 g/mol. The Morgan fingerprint density at radius 2 is 2.36 bits per heavy atom. The first kappa shape index (κ1) is 11.1. The highest BCUT2D eigenvalue weighted by molar-refractivity contribution is 5.21. The summed E-state index contributed by atoms with van der Waals surface area (Å²) >= 11 is 0. The molecule has 1 N–H and O–H groups in total. The van der Waals surface area contributed by atoms with Crippen molar-refractivity contribution in [1.82, 2.24) is 4.98 Å². The molecular formula is C10H14FNO2. The number of halogens is 1. The molecule has 0 aromatic carbocycles. The van der Waals surface area contributed by atoms with E-state index >= 15 is 0 Å². The Balaban J connectivity index is 3.05. The summed E-state index contributed by atoms with van der Waals surface area (Å²) in [5.41, 5.74) is -1.03. The summed E-state index contributed by atoms with van der Waals surface area (Å²) in [5, 5.41) is 10.1. The van der Waals surface area contributed by atoms with Crippen LogP contribution < -0.4 is 0 Å². The number of hydrogen-bond acceptors (Lipinski definition) is 3. The molecule has 0 spiro atoms. The van der Waals surface area contributed by atoms with Crippen molar-refractivity contribution >= 4 is 0 Å². The molecule has 3 nitrogen and oxygen atoms in total. The Kier molecular flexibility index (Phi) is 3.55. The lowest BCUT2D eigenvalue weighted by atomic mass is 9.92. The summed E-state index contributed by atoms with van der Waals surface area (Å²) in [6.07, 6.45) is 2.93. The SMILES string of the molecule is CCC(O)(COC)c1ccncc1F. The van der Waals surface area contributed by atoms with Gasteiger partial charge in [-0.15, -0.1) is 0 Å². The van der Waals surface area contributed by atoms with E-state index in [9.17, 15) is 9.50 Å². The molecule has 0 saturated carbocycles. The largest absolute Gasteiger partial charge is 0.383 e. The second kappa shape index (κ2) is 4.48. The molecule has 0 bridgehead atoms. The molecule has 1 heterocycles. The molecule has 0 radical (unpaired) electrons. The van der Waals surface area contributed by atoms with Crippen LogP contribution in [0.3, 0.4) is 0 Å². The molecule has 0 amide bonds. The summed E-state index contributed by atoms with van der Waals surface area (Å²) in [6.45, 7) is 1.85. The van der Waals surface area contributed by atoms with Crippen molar-refractivity contribution in [3.63, 3.8) is 0 Å². The van der Waals surface area contributed by atoms with E-state index in [-0.39, 0.29) is 12.2 Å². The van der Waals surface area contributed by atoms with Gasteiger partial charge in [0, 0.05) is 18.9 Å². The highest BCUT2D eigenvalue weighted by atomic mass is 19.1. The number of methoxy groups -OCH3 is 1. The zero-order valence-corrected chi connectivity index (χ0v) is 8.33. The van der Waals surface area contributed by atoms with Gasteiger partial charge >= 0.3 is 0 Å². The van der Waals surface area contributed by atoms with Gasteiger partial charge in [0.2, 0.25) is 0 Å². The van der Waals surface area contributed by atoms with Gasteiger partial charge in [-0.3, -0.25) is 4.98 Å². The molecule has 4 heteroatoms. The summed E-state index contributed by atoms with van der Waals surface area (Å²) in [6, 6.07) is 1.47. The predicted octanol–water partition coefficient (Wildman–Crippen LogP) is 1.46. The number of aromatic nitrogens is 1. The van der Waals surface area contributed by atoms with Crippen molar-refractivity contribution in [3.8, 4) is 0 Å². The van der Waals surface area contributed by atoms with Gasteiger partial charge in [-0.1, -0.05) is 6.92 Å². The maximum atomic E-state index is 13.3. The molecule has 1 aromatic rings. The quantitative estimate of drug-likeness (QED) is 0.798. The molecule has 1 rings (SSSR count). The van der Waals surface area contributed by atoms with E-state index in [1.54, 1.807) is 6.92 Å². The third-order valence-electron chi connectivity index (χ3n) is 2.24. The van der Waals surface area contributed by atoms with E-state index in [4.69, 9.17) is 4.74 Å². The maximum Gasteiger partial charge on any atom is 0.147 e. The van der Waals surface area contributed by atoms with E-state index in [0.29, 0.717) is 6.42 Å². The van der Waals surface area contributed by atoms with E-state index in [1.165, 1.54) is 19.4 Å². The van der Waals surface area contributed by atoms with Crippen molar-refractivity contribution in [2.24, 2.45) is 0 Å². The van der Waals surface area contributed by atoms with Crippen LogP contribution in [0.5, 0.6) is 0 Å². The fraction of sp³-hybridized carbons (Fsp3) is 0.500. The molecular weight excluding hydrogens is 185 g/mol. The minimum absolute atomic E-state index is 0.0738. The Morgan fingerprint density at radius 1 is 1.64 bits per heavy atom. The molecule has 0 aliphatic rings. The molecule has 14 heavy (non-hydrogen) atoms. The van der Waals surface area contributed by atoms with Gasteiger partial charge in [0.05, 0.1) is 12.8 Å². The maximum absolute atomic E-state index is 13.3. The van der Waals surface area contributed by atoms with Crippen LogP contribution in [-0.4, -0.2) is 23.8 Å². The second-order valence-electron chi connectivity index (χ2n) is 3.17. The smallest absolute Gasteiger partial charge is 0.147 e. The molecule has 1 atom stereocenters. The number of ether oxygens (including phenoxy) is 1. The molecule has 0 fully saturated rings. The van der Waals surface area contributed by atoms with Crippen molar-refractivity contribution in [1.29, 1.82) is 0 Å². The van der Waals surface area contributed by atoms with E-state index in [2.05, 4.69) is 4.98 Å². The molecule has 0 aliphatic carbocycles. The van der Waals surface area contributed by atoms with E-state index < -0.39 is 11.4 Å². The number of hydrogen-bond donors (Lipinski definition) is 1. The van der Waals surface area contributed by atoms with Gasteiger partial charge in [0.25, 0.3) is 0 Å². The lowest BCUT2D eigenvalue weighted by molar-refractivity contribution is -0.0410. The van der Waals surface area contributed by atoms with Crippen LogP contribution in [0, 0.1) is 5.82 Å². The number of aliphatic hydroxyl groups is 1. The molecule has 1 aromatic heterocycles. The average Bonchev–Trinajstić information content (AvgIpc) is 2.18. The third kappa shape index (κ3) is 2.08. The first-order valence-electron chi connectivity index (χ1n) is 4.45. The van der Waals surface area contributed by atoms with Crippen molar-refractivity contribution in [3.05, 3.63) is 29.8 Å². The van der Waals surface area contributed by atoms with E-state index in [0.717, 1.165) is 6.20 Å². The Labute approximate surface area is 82.5 Å². The summed E-state index contributed by atoms with van der Waals surface area (Å²) in [4.78, 5) is 3.63. The second-order valence-corrected chi connectivity index (χ2v) is 3.17. The van der Waals surface area contributed by atoms with Gasteiger partial charge in [0.15, 0.2) is 0 Å². The van der Waals surface area contributed by atoms with E-state index in [1.807, 2.05) is 0 Å². The first-order chi connectivity index (χ1) is 6.64. The zero-order chi connectivity index (χ0) is 10.6. The summed E-state index contributed by atoms with van der Waals surface area (Å²) in [5.74, 6) is -0.506. The van der Waals surface area contributed by atoms with Gasteiger partial charge in [-0.25, -0.2) is 4.39 Å². The van der Waals surface area contributed by atoms with Gasteiger partial charge < -0.3 is 9.84 Å². The Morgan fingerprint density at radius 3 is 2.86 bits per heavy atom. The molecule has 0 aliphatic heterocycles. The van der Waals surface area contributed by atoms with Gasteiger partial charge in [0.1, 0.15) is 11.4 Å². The predicted molar refractivity (Wildman–Crippen MR) is 50.3 cm³/mol. The standard InChI is InChI=1S/C10H14FNO2/c1-3-10(13,7-14-2)8-4-5-12-6-9(8)11/h4-6,13H,3,7H2,1-2H3.